The number of alkyl halides is 3. The molecule has 2 aromatic rings. The van der Waals surface area contributed by atoms with E-state index < -0.39 is 41.3 Å². The fourth-order valence-electron chi connectivity index (χ4n) is 4.13. The van der Waals surface area contributed by atoms with Crippen LogP contribution in [-0.4, -0.2) is 46.3 Å². The Hall–Kier alpha value is -3.05. The van der Waals surface area contributed by atoms with Crippen LogP contribution in [0, 0.1) is 5.92 Å². The minimum absolute atomic E-state index is 0.0315. The number of nitrogens with zero attached hydrogens (tertiary/aromatic N) is 1. The van der Waals surface area contributed by atoms with E-state index in [0.717, 1.165) is 12.3 Å². The first kappa shape index (κ1) is 27.5. The molecule has 3 rings (SSSR count). The summed E-state index contributed by atoms with van der Waals surface area (Å²) in [6.07, 6.45) is -2.41. The van der Waals surface area contributed by atoms with Gasteiger partial charge in [-0.3, -0.25) is 9.59 Å². The van der Waals surface area contributed by atoms with E-state index in [1.54, 1.807) is 6.92 Å². The second kappa shape index (κ2) is 10.9. The summed E-state index contributed by atoms with van der Waals surface area (Å²) in [6, 6.07) is 4.69. The smallest absolute Gasteiger partial charge is 0.433 e. The number of carbonyl (C=O) groups is 2. The van der Waals surface area contributed by atoms with Crippen molar-refractivity contribution in [2.24, 2.45) is 5.92 Å². The summed E-state index contributed by atoms with van der Waals surface area (Å²) in [4.78, 5) is 27.1. The number of halogens is 4. The molecular weight excluding hydrogens is 503 g/mol. The number of hydrogen-bond acceptors (Lipinski definition) is 6. The largest absolute Gasteiger partial charge is 0.495 e. The Morgan fingerprint density at radius 2 is 1.94 bits per heavy atom. The van der Waals surface area contributed by atoms with Crippen molar-refractivity contribution < 1.29 is 37.7 Å². The standard InChI is InChI=1S/C24H27ClF3N3O5/c1-13(16-10-20(24(26,27)28)29-11-19(16)36-2)31-18-4-3-15(9-17(18)25)21(32)30-12-23(35)7-5-14(6-8-23)22(33)34/h3-4,9-11,13-14,31,35H,5-8,12H2,1-2H3,(H,30,32)(H,33,34)/t13-,14?,23?/m0/s1. The quantitative estimate of drug-likeness (QED) is 0.392. The number of methoxy groups -OCH3 is 1. The van der Waals surface area contributed by atoms with Crippen molar-refractivity contribution in [3.8, 4) is 5.75 Å². The van der Waals surface area contributed by atoms with E-state index >= 15 is 0 Å². The highest BCUT2D eigenvalue weighted by Crippen LogP contribution is 2.35. The topological polar surface area (TPSA) is 121 Å². The molecule has 1 atom stereocenters. The van der Waals surface area contributed by atoms with Crippen LogP contribution in [0.25, 0.3) is 0 Å². The van der Waals surface area contributed by atoms with Crippen LogP contribution in [0.3, 0.4) is 0 Å². The maximum Gasteiger partial charge on any atom is 0.433 e. The number of carboxylic acid groups (broad SMARTS) is 1. The molecule has 4 N–H and O–H groups in total. The summed E-state index contributed by atoms with van der Waals surface area (Å²) in [5.41, 5.74) is -1.39. The van der Waals surface area contributed by atoms with E-state index in [1.165, 1.54) is 25.3 Å². The van der Waals surface area contributed by atoms with Crippen molar-refractivity contribution in [1.29, 1.82) is 0 Å². The first-order valence-corrected chi connectivity index (χ1v) is 11.6. The lowest BCUT2D eigenvalue weighted by atomic mass is 9.79. The molecular formula is C24H27ClF3N3O5. The van der Waals surface area contributed by atoms with E-state index in [9.17, 15) is 27.9 Å². The van der Waals surface area contributed by atoms with Crippen LogP contribution in [0.1, 0.15) is 60.3 Å². The fraction of sp³-hybridized carbons (Fsp3) is 0.458. The van der Waals surface area contributed by atoms with Gasteiger partial charge in [-0.2, -0.15) is 13.2 Å². The minimum Gasteiger partial charge on any atom is -0.495 e. The van der Waals surface area contributed by atoms with Crippen LogP contribution < -0.4 is 15.4 Å². The minimum atomic E-state index is -4.61. The molecule has 1 saturated carbocycles. The highest BCUT2D eigenvalue weighted by molar-refractivity contribution is 6.33. The van der Waals surface area contributed by atoms with Crippen molar-refractivity contribution in [2.75, 3.05) is 19.0 Å². The summed E-state index contributed by atoms with van der Waals surface area (Å²) >= 11 is 6.33. The average molecular weight is 530 g/mol. The molecule has 1 fully saturated rings. The molecule has 1 aromatic heterocycles. The Kier molecular flexibility index (Phi) is 8.35. The number of pyridine rings is 1. The Bertz CT molecular complexity index is 1120. The van der Waals surface area contributed by atoms with E-state index in [1.807, 2.05) is 0 Å². The summed E-state index contributed by atoms with van der Waals surface area (Å²) in [5.74, 6) is -1.68. The number of hydrogen-bond donors (Lipinski definition) is 4. The first-order chi connectivity index (χ1) is 16.8. The number of nitrogens with one attached hydrogen (secondary N) is 2. The van der Waals surface area contributed by atoms with E-state index in [0.29, 0.717) is 18.5 Å². The Morgan fingerprint density at radius 3 is 2.50 bits per heavy atom. The number of amides is 1. The predicted molar refractivity (Wildman–Crippen MR) is 126 cm³/mol. The highest BCUT2D eigenvalue weighted by atomic mass is 35.5. The van der Waals surface area contributed by atoms with Gasteiger partial charge in [0.2, 0.25) is 0 Å². The number of aliphatic hydroxyl groups is 1. The summed E-state index contributed by atoms with van der Waals surface area (Å²) in [6.45, 7) is 1.60. The first-order valence-electron chi connectivity index (χ1n) is 11.2. The average Bonchev–Trinajstić information content (AvgIpc) is 2.83. The molecule has 196 valence electrons. The van der Waals surface area contributed by atoms with Crippen molar-refractivity contribution in [2.45, 2.75) is 50.4 Å². The molecule has 12 heteroatoms. The molecule has 8 nitrogen and oxygen atoms in total. The van der Waals surface area contributed by atoms with Crippen LogP contribution in [0.4, 0.5) is 18.9 Å². The maximum absolute atomic E-state index is 13.1. The summed E-state index contributed by atoms with van der Waals surface area (Å²) in [5, 5.41) is 25.6. The van der Waals surface area contributed by atoms with Gasteiger partial charge in [-0.15, -0.1) is 0 Å². The highest BCUT2D eigenvalue weighted by Gasteiger charge is 2.36. The van der Waals surface area contributed by atoms with Crippen LogP contribution in [0.2, 0.25) is 5.02 Å². The number of anilines is 1. The molecule has 1 amide bonds. The SMILES string of the molecule is COc1cnc(C(F)(F)F)cc1[C@H](C)Nc1ccc(C(=O)NCC2(O)CCC(C(=O)O)CC2)cc1Cl. The van der Waals surface area contributed by atoms with Gasteiger partial charge in [0.25, 0.3) is 5.91 Å². The van der Waals surface area contributed by atoms with E-state index in [4.69, 9.17) is 21.4 Å². The molecule has 0 aliphatic heterocycles. The molecule has 1 heterocycles. The zero-order valence-corrected chi connectivity index (χ0v) is 20.4. The molecule has 0 bridgehead atoms. The third-order valence-electron chi connectivity index (χ3n) is 6.32. The maximum atomic E-state index is 13.1. The summed E-state index contributed by atoms with van der Waals surface area (Å²) in [7, 11) is 1.33. The van der Waals surface area contributed by atoms with Gasteiger partial charge in [0, 0.05) is 17.7 Å². The van der Waals surface area contributed by atoms with Crippen LogP contribution in [0.5, 0.6) is 5.75 Å². The van der Waals surface area contributed by atoms with E-state index in [2.05, 4.69) is 15.6 Å². The number of carbonyl (C=O) groups excluding carboxylic acids is 1. The van der Waals surface area contributed by atoms with Crippen molar-refractivity contribution >= 4 is 29.2 Å². The van der Waals surface area contributed by atoms with Gasteiger partial charge in [-0.1, -0.05) is 11.6 Å². The third-order valence-corrected chi connectivity index (χ3v) is 6.63. The molecule has 0 radical (unpaired) electrons. The van der Waals surface area contributed by atoms with Gasteiger partial charge in [-0.25, -0.2) is 4.98 Å². The molecule has 0 unspecified atom stereocenters. The zero-order chi connectivity index (χ0) is 26.7. The van der Waals surface area contributed by atoms with Crippen molar-refractivity contribution in [3.63, 3.8) is 0 Å². The predicted octanol–water partition coefficient (Wildman–Crippen LogP) is 4.67. The molecule has 1 aliphatic carbocycles. The number of aromatic nitrogens is 1. The molecule has 1 aromatic carbocycles. The lowest BCUT2D eigenvalue weighted by molar-refractivity contribution is -0.144. The molecule has 36 heavy (non-hydrogen) atoms. The van der Waals surface area contributed by atoms with Gasteiger partial charge in [0.15, 0.2) is 0 Å². The Morgan fingerprint density at radius 1 is 1.28 bits per heavy atom. The van der Waals surface area contributed by atoms with Crippen LogP contribution in [-0.2, 0) is 11.0 Å². The molecule has 1 aliphatic rings. The number of aliphatic carboxylic acids is 1. The van der Waals surface area contributed by atoms with Gasteiger partial charge in [0.1, 0.15) is 11.4 Å². The number of benzene rings is 1. The second-order valence-corrected chi connectivity index (χ2v) is 9.30. The van der Waals surface area contributed by atoms with E-state index in [-0.39, 0.29) is 41.3 Å². The Balaban J connectivity index is 1.66. The second-order valence-electron chi connectivity index (χ2n) is 8.89. The van der Waals surface area contributed by atoms with Crippen LogP contribution in [0.15, 0.2) is 30.5 Å². The number of rotatable bonds is 8. The lowest BCUT2D eigenvalue weighted by Gasteiger charge is -2.34. The fourth-order valence-corrected chi connectivity index (χ4v) is 4.37. The van der Waals surface area contributed by atoms with Gasteiger partial charge in [0.05, 0.1) is 41.6 Å². The van der Waals surface area contributed by atoms with Crippen molar-refractivity contribution in [1.82, 2.24) is 10.3 Å². The van der Waals surface area contributed by atoms with Crippen molar-refractivity contribution in [3.05, 3.63) is 52.3 Å². The van der Waals surface area contributed by atoms with Gasteiger partial charge < -0.3 is 25.6 Å². The number of ether oxygens (including phenoxy) is 1. The Labute approximate surface area is 210 Å². The number of carboxylic acids is 1. The van der Waals surface area contributed by atoms with Gasteiger partial charge in [-0.05, 0) is 56.9 Å². The van der Waals surface area contributed by atoms with Gasteiger partial charge >= 0.3 is 12.1 Å². The molecule has 0 saturated heterocycles. The zero-order valence-electron chi connectivity index (χ0n) is 19.7. The molecule has 0 spiro atoms. The normalized spacial score (nSPS) is 20.9. The summed E-state index contributed by atoms with van der Waals surface area (Å²) < 4.78 is 44.5. The van der Waals surface area contributed by atoms with Crippen LogP contribution >= 0.6 is 11.6 Å². The monoisotopic (exact) mass is 529 g/mol. The third kappa shape index (κ3) is 6.58. The lowest BCUT2D eigenvalue weighted by Crippen LogP contribution is -2.46.